The van der Waals surface area contributed by atoms with Crippen LogP contribution in [0.3, 0.4) is 0 Å². The molecule has 0 unspecified atom stereocenters. The van der Waals surface area contributed by atoms with Crippen molar-refractivity contribution in [3.8, 4) is 12.1 Å². The Hall–Kier alpha value is -2.58. The van der Waals surface area contributed by atoms with E-state index in [-0.39, 0.29) is 0 Å². The second-order valence-electron chi connectivity index (χ2n) is 2.93. The van der Waals surface area contributed by atoms with Crippen molar-refractivity contribution in [1.29, 1.82) is 10.5 Å². The third-order valence-electron chi connectivity index (χ3n) is 2.16. The summed E-state index contributed by atoms with van der Waals surface area (Å²) in [5.41, 5.74) is 0.900. The summed E-state index contributed by atoms with van der Waals surface area (Å²) in [5, 5.41) is 19.6. The second kappa shape index (κ2) is 5.34. The zero-order valence-electron chi connectivity index (χ0n) is 8.77. The van der Waals surface area contributed by atoms with Crippen LogP contribution in [0.2, 0.25) is 0 Å². The van der Waals surface area contributed by atoms with E-state index in [1.165, 1.54) is 0 Å². The minimum Gasteiger partial charge on any atom is -0.192 e. The zero-order chi connectivity index (χ0) is 12.0. The molecule has 0 heterocycles. The normalized spacial score (nSPS) is 8.38. The molecule has 0 spiro atoms. The molecule has 0 aliphatic carbocycles. The first-order chi connectivity index (χ1) is 7.86. The van der Waals surface area contributed by atoms with E-state index in [0.717, 1.165) is 10.8 Å². The number of nitrogens with zero attached hydrogens (tertiary/aromatic N) is 2. The van der Waals surface area contributed by atoms with Gasteiger partial charge in [-0.2, -0.15) is 10.5 Å². The highest BCUT2D eigenvalue weighted by Crippen LogP contribution is 2.20. The third-order valence-corrected chi connectivity index (χ3v) is 2.16. The number of hydrogen-bond donors (Lipinski definition) is 0. The van der Waals surface area contributed by atoms with Gasteiger partial charge in [-0.05, 0) is 11.5 Å². The summed E-state index contributed by atoms with van der Waals surface area (Å²) in [6, 6.07) is 15.2. The van der Waals surface area contributed by atoms with Crippen LogP contribution in [0, 0.1) is 22.7 Å². The van der Waals surface area contributed by atoms with E-state index in [2.05, 4.69) is 19.2 Å². The number of hydrogen-bond acceptors (Lipinski definition) is 2. The van der Waals surface area contributed by atoms with Crippen LogP contribution in [0.1, 0.15) is 11.1 Å². The quantitative estimate of drug-likeness (QED) is 0.620. The lowest BCUT2D eigenvalue weighted by Gasteiger charge is -2.00. The molecule has 2 heteroatoms. The summed E-state index contributed by atoms with van der Waals surface area (Å²) in [4.78, 5) is 0. The largest absolute Gasteiger partial charge is 0.192 e. The molecule has 2 aromatic rings. The smallest absolute Gasteiger partial charge is 0.101 e. The van der Waals surface area contributed by atoms with Crippen LogP contribution < -0.4 is 0 Å². The molecule has 0 saturated heterocycles. The van der Waals surface area contributed by atoms with Gasteiger partial charge in [0.1, 0.15) is 12.1 Å². The lowest BCUT2D eigenvalue weighted by atomic mass is 10.0. The Balaban J connectivity index is 0.000000606. The summed E-state index contributed by atoms with van der Waals surface area (Å²) in [6.07, 6.45) is 0. The molecule has 0 radical (unpaired) electrons. The molecular formula is C14H10N2. The number of fused-ring (bicyclic) bond motifs is 1. The van der Waals surface area contributed by atoms with E-state index in [1.54, 1.807) is 6.07 Å². The van der Waals surface area contributed by atoms with Gasteiger partial charge in [-0.1, -0.05) is 30.3 Å². The summed E-state index contributed by atoms with van der Waals surface area (Å²) >= 11 is 0. The van der Waals surface area contributed by atoms with Gasteiger partial charge in [-0.15, -0.1) is 13.2 Å². The van der Waals surface area contributed by atoms with Gasteiger partial charge in [0.05, 0.1) is 11.1 Å². The van der Waals surface area contributed by atoms with Crippen LogP contribution in [-0.2, 0) is 0 Å². The summed E-state index contributed by atoms with van der Waals surface area (Å²) in [7, 11) is 0. The van der Waals surface area contributed by atoms with E-state index in [1.807, 2.05) is 36.4 Å². The first-order valence-electron chi connectivity index (χ1n) is 4.69. The van der Waals surface area contributed by atoms with Gasteiger partial charge in [0.2, 0.25) is 0 Å². The van der Waals surface area contributed by atoms with Crippen LogP contribution in [0.25, 0.3) is 10.8 Å². The van der Waals surface area contributed by atoms with Crippen molar-refractivity contribution in [3.05, 3.63) is 60.7 Å². The average Bonchev–Trinajstić information content (AvgIpc) is 2.39. The van der Waals surface area contributed by atoms with Crippen LogP contribution in [0.15, 0.2) is 49.6 Å². The first kappa shape index (κ1) is 11.5. The van der Waals surface area contributed by atoms with Gasteiger partial charge in [-0.25, -0.2) is 0 Å². The van der Waals surface area contributed by atoms with Crippen molar-refractivity contribution in [3.63, 3.8) is 0 Å². The fourth-order valence-corrected chi connectivity index (χ4v) is 1.49. The molecule has 0 aliphatic rings. The molecule has 0 aromatic heterocycles. The summed E-state index contributed by atoms with van der Waals surface area (Å²) in [5.74, 6) is 0. The van der Waals surface area contributed by atoms with Crippen LogP contribution in [0.4, 0.5) is 0 Å². The fourth-order valence-electron chi connectivity index (χ4n) is 1.49. The van der Waals surface area contributed by atoms with E-state index < -0.39 is 0 Å². The Kier molecular flexibility index (Phi) is 3.83. The maximum Gasteiger partial charge on any atom is 0.101 e. The third kappa shape index (κ3) is 1.92. The Morgan fingerprint density at radius 1 is 0.875 bits per heavy atom. The molecule has 0 aliphatic heterocycles. The molecule has 2 aromatic carbocycles. The van der Waals surface area contributed by atoms with Gasteiger partial charge in [0.15, 0.2) is 0 Å². The molecule has 76 valence electrons. The molecule has 16 heavy (non-hydrogen) atoms. The monoisotopic (exact) mass is 206 g/mol. The minimum atomic E-state index is 0.436. The van der Waals surface area contributed by atoms with Crippen molar-refractivity contribution in [2.45, 2.75) is 0 Å². The Morgan fingerprint density at radius 2 is 1.56 bits per heavy atom. The van der Waals surface area contributed by atoms with E-state index in [9.17, 15) is 0 Å². The highest BCUT2D eigenvalue weighted by atomic mass is 14.3. The predicted molar refractivity (Wildman–Crippen MR) is 64.6 cm³/mol. The van der Waals surface area contributed by atoms with Gasteiger partial charge in [0.25, 0.3) is 0 Å². The van der Waals surface area contributed by atoms with E-state index in [4.69, 9.17) is 10.5 Å². The zero-order valence-corrected chi connectivity index (χ0v) is 8.77. The van der Waals surface area contributed by atoms with Gasteiger partial charge in [0, 0.05) is 5.39 Å². The maximum absolute atomic E-state index is 8.95. The maximum atomic E-state index is 8.95. The van der Waals surface area contributed by atoms with Crippen molar-refractivity contribution in [2.75, 3.05) is 0 Å². The van der Waals surface area contributed by atoms with Gasteiger partial charge < -0.3 is 0 Å². The standard InChI is InChI=1S/C12H6N2.C2H4/c13-7-10-6-5-9-3-1-2-4-11(9)12(10)8-14;1-2/h1-6H;1-2H2. The lowest BCUT2D eigenvalue weighted by molar-refractivity contribution is 1.45. The molecule has 0 bridgehead atoms. The Labute approximate surface area is 94.7 Å². The molecule has 0 fully saturated rings. The van der Waals surface area contributed by atoms with Crippen molar-refractivity contribution in [2.24, 2.45) is 0 Å². The molecule has 2 rings (SSSR count). The summed E-state index contributed by atoms with van der Waals surface area (Å²) < 4.78 is 0. The number of benzene rings is 2. The SMILES string of the molecule is C=C.N#Cc1ccc2ccccc2c1C#N. The van der Waals surface area contributed by atoms with Gasteiger partial charge >= 0.3 is 0 Å². The first-order valence-corrected chi connectivity index (χ1v) is 4.69. The molecule has 0 N–H and O–H groups in total. The van der Waals surface area contributed by atoms with E-state index >= 15 is 0 Å². The van der Waals surface area contributed by atoms with Crippen molar-refractivity contribution in [1.82, 2.24) is 0 Å². The predicted octanol–water partition coefficient (Wildman–Crippen LogP) is 3.39. The topological polar surface area (TPSA) is 47.6 Å². The van der Waals surface area contributed by atoms with Crippen LogP contribution in [0.5, 0.6) is 0 Å². The highest BCUT2D eigenvalue weighted by molar-refractivity contribution is 5.89. The van der Waals surface area contributed by atoms with E-state index in [0.29, 0.717) is 11.1 Å². The molecular weight excluding hydrogens is 196 g/mol. The average molecular weight is 206 g/mol. The van der Waals surface area contributed by atoms with Gasteiger partial charge in [-0.3, -0.25) is 0 Å². The van der Waals surface area contributed by atoms with Crippen molar-refractivity contribution >= 4 is 10.8 Å². The lowest BCUT2D eigenvalue weighted by Crippen LogP contribution is -1.85. The Bertz CT molecular complexity index is 586. The molecule has 0 saturated carbocycles. The highest BCUT2D eigenvalue weighted by Gasteiger charge is 2.05. The minimum absolute atomic E-state index is 0.436. The van der Waals surface area contributed by atoms with Crippen molar-refractivity contribution < 1.29 is 0 Å². The number of nitriles is 2. The fraction of sp³-hybridized carbons (Fsp3) is 0. The van der Waals surface area contributed by atoms with Crippen LogP contribution in [-0.4, -0.2) is 0 Å². The molecule has 0 atom stereocenters. The summed E-state index contributed by atoms with van der Waals surface area (Å²) in [6.45, 7) is 6.00. The van der Waals surface area contributed by atoms with Crippen LogP contribution >= 0.6 is 0 Å². The number of rotatable bonds is 0. The molecule has 2 nitrogen and oxygen atoms in total. The second-order valence-corrected chi connectivity index (χ2v) is 2.93. The molecule has 0 amide bonds. The Morgan fingerprint density at radius 3 is 2.19 bits per heavy atom.